The first-order valence-electron chi connectivity index (χ1n) is 15.0. The number of ether oxygens (including phenoxy) is 3. The number of benzene rings is 1. The minimum Gasteiger partial charge on any atom is -0.379 e. The van der Waals surface area contributed by atoms with Gasteiger partial charge in [0.05, 0.1) is 25.7 Å². The number of methoxy groups -OCH3 is 1. The van der Waals surface area contributed by atoms with Crippen LogP contribution in [0.4, 0.5) is 0 Å². The molecule has 0 saturated carbocycles. The second-order valence-corrected chi connectivity index (χ2v) is 11.8. The Hall–Kier alpha value is -1.01. The summed E-state index contributed by atoms with van der Waals surface area (Å²) in [5.74, 6) is 1.05. The summed E-state index contributed by atoms with van der Waals surface area (Å²) in [6.07, 6.45) is 21.6. The van der Waals surface area contributed by atoms with Crippen molar-refractivity contribution in [3.8, 4) is 0 Å². The van der Waals surface area contributed by atoms with Crippen molar-refractivity contribution in [2.75, 3.05) is 32.8 Å². The van der Waals surface area contributed by atoms with E-state index in [9.17, 15) is 0 Å². The Balaban J connectivity index is 1.38. The zero-order chi connectivity index (χ0) is 26.4. The maximum Gasteiger partial charge on any atom is 0.104 e. The van der Waals surface area contributed by atoms with Crippen LogP contribution in [-0.4, -0.2) is 43.8 Å². The predicted molar refractivity (Wildman–Crippen MR) is 160 cm³/mol. The first kappa shape index (κ1) is 32.2. The molecule has 4 nitrogen and oxygen atoms in total. The molecule has 1 atom stereocenters. The highest BCUT2D eigenvalue weighted by Gasteiger charge is 2.10. The molecule has 1 unspecified atom stereocenters. The molecule has 1 aromatic carbocycles. The monoisotopic (exact) mass is 533 g/mol. The average molecular weight is 534 g/mol. The number of nitrogens with zero attached hydrogens (tertiary/aromatic N) is 1. The molecule has 1 aromatic rings. The highest BCUT2D eigenvalue weighted by molar-refractivity contribution is 8.03. The van der Waals surface area contributed by atoms with E-state index >= 15 is 0 Å². The van der Waals surface area contributed by atoms with Gasteiger partial charge in [0.15, 0.2) is 0 Å². The quantitative estimate of drug-likeness (QED) is 0.124. The molecule has 0 aromatic heterocycles. The van der Waals surface area contributed by atoms with Crippen LogP contribution in [0.15, 0.2) is 35.4 Å². The lowest BCUT2D eigenvalue weighted by atomic mass is 10.0. The van der Waals surface area contributed by atoms with Crippen LogP contribution >= 0.6 is 11.8 Å². The van der Waals surface area contributed by atoms with Crippen LogP contribution in [0.2, 0.25) is 0 Å². The van der Waals surface area contributed by atoms with Gasteiger partial charge in [0.1, 0.15) is 6.10 Å². The van der Waals surface area contributed by atoms with Gasteiger partial charge in [0.25, 0.3) is 0 Å². The van der Waals surface area contributed by atoms with Gasteiger partial charge in [-0.3, -0.25) is 0 Å². The lowest BCUT2D eigenvalue weighted by Gasteiger charge is -2.16. The minimum atomic E-state index is -0.00592. The summed E-state index contributed by atoms with van der Waals surface area (Å²) in [5.41, 5.74) is 2.53. The van der Waals surface area contributed by atoms with Gasteiger partial charge in [-0.15, -0.1) is 11.8 Å². The molecule has 0 spiro atoms. The van der Waals surface area contributed by atoms with Crippen LogP contribution in [0.25, 0.3) is 0 Å². The summed E-state index contributed by atoms with van der Waals surface area (Å²) in [5, 5.41) is 0. The number of hydrogen-bond acceptors (Lipinski definition) is 5. The summed E-state index contributed by atoms with van der Waals surface area (Å²) < 4.78 is 17.3. The van der Waals surface area contributed by atoms with Gasteiger partial charge in [-0.05, 0) is 29.4 Å². The Morgan fingerprint density at radius 2 is 1.30 bits per heavy atom. The molecule has 0 aliphatic carbocycles. The van der Waals surface area contributed by atoms with E-state index in [2.05, 4.69) is 49.2 Å². The fourth-order valence-corrected chi connectivity index (χ4v) is 5.45. The van der Waals surface area contributed by atoms with Gasteiger partial charge in [-0.1, -0.05) is 115 Å². The summed E-state index contributed by atoms with van der Waals surface area (Å²) in [4.78, 5) is 3.74. The smallest absolute Gasteiger partial charge is 0.104 e. The Bertz CT molecular complexity index is 694. The fourth-order valence-electron chi connectivity index (χ4n) is 4.69. The Labute approximate surface area is 232 Å². The maximum absolute atomic E-state index is 5.91. The predicted octanol–water partition coefficient (Wildman–Crippen LogP) is 9.08. The number of hydrogen-bond donors (Lipinski definition) is 0. The highest BCUT2D eigenvalue weighted by atomic mass is 32.2. The standard InChI is InChI=1S/C32H55NO3S/c1-4-5-6-7-8-9-10-11-12-13-14-15-16-17-22-35-26-32(34-3)27-36-25-31-20-18-30(19-21-31)24-33-23-29(2)37-28-33/h18-21,23,32H,4-17,22,24-28H2,1-3H3. The van der Waals surface area contributed by atoms with E-state index in [1.807, 2.05) is 11.8 Å². The van der Waals surface area contributed by atoms with E-state index in [-0.39, 0.29) is 6.10 Å². The molecule has 1 aliphatic rings. The normalized spacial score (nSPS) is 14.4. The molecule has 0 saturated heterocycles. The highest BCUT2D eigenvalue weighted by Crippen LogP contribution is 2.25. The van der Waals surface area contributed by atoms with E-state index < -0.39 is 0 Å². The summed E-state index contributed by atoms with van der Waals surface area (Å²) in [6, 6.07) is 8.75. The van der Waals surface area contributed by atoms with Crippen molar-refractivity contribution in [2.45, 2.75) is 123 Å². The third-order valence-electron chi connectivity index (χ3n) is 7.08. The molecule has 37 heavy (non-hydrogen) atoms. The third-order valence-corrected chi connectivity index (χ3v) is 8.10. The largest absolute Gasteiger partial charge is 0.379 e. The molecule has 0 bridgehead atoms. The zero-order valence-electron chi connectivity index (χ0n) is 24.2. The molecule has 0 amide bonds. The molecule has 1 heterocycles. The minimum absolute atomic E-state index is 0.00592. The molecule has 1 aliphatic heterocycles. The molecule has 0 fully saturated rings. The first-order chi connectivity index (χ1) is 18.2. The van der Waals surface area contributed by atoms with E-state index in [1.54, 1.807) is 7.11 Å². The van der Waals surface area contributed by atoms with Crippen LogP contribution in [0.3, 0.4) is 0 Å². The van der Waals surface area contributed by atoms with Crippen LogP contribution in [0.1, 0.15) is 115 Å². The van der Waals surface area contributed by atoms with Crippen molar-refractivity contribution < 1.29 is 14.2 Å². The Morgan fingerprint density at radius 1 is 0.757 bits per heavy atom. The third kappa shape index (κ3) is 16.5. The van der Waals surface area contributed by atoms with E-state index in [4.69, 9.17) is 14.2 Å². The number of allylic oxidation sites excluding steroid dienone is 1. The maximum atomic E-state index is 5.91. The number of unbranched alkanes of at least 4 members (excludes halogenated alkanes) is 13. The Kier molecular flexibility index (Phi) is 19.0. The fraction of sp³-hybridized carbons (Fsp3) is 0.750. The van der Waals surface area contributed by atoms with Crippen molar-refractivity contribution in [3.05, 3.63) is 46.5 Å². The topological polar surface area (TPSA) is 30.9 Å². The summed E-state index contributed by atoms with van der Waals surface area (Å²) >= 11 is 1.90. The molecule has 0 N–H and O–H groups in total. The second kappa shape index (κ2) is 21.9. The van der Waals surface area contributed by atoms with Crippen molar-refractivity contribution in [2.24, 2.45) is 0 Å². The van der Waals surface area contributed by atoms with Crippen LogP contribution in [0.5, 0.6) is 0 Å². The van der Waals surface area contributed by atoms with Crippen molar-refractivity contribution in [1.82, 2.24) is 4.90 Å². The average Bonchev–Trinajstić information content (AvgIpc) is 3.32. The molecular formula is C32H55NO3S. The molecule has 212 valence electrons. The molecular weight excluding hydrogens is 478 g/mol. The van der Waals surface area contributed by atoms with Gasteiger partial charge in [0.2, 0.25) is 0 Å². The summed E-state index contributed by atoms with van der Waals surface area (Å²) in [7, 11) is 1.74. The van der Waals surface area contributed by atoms with Crippen molar-refractivity contribution in [1.29, 1.82) is 0 Å². The zero-order valence-corrected chi connectivity index (χ0v) is 25.0. The number of thioether (sulfide) groups is 1. The van der Waals surface area contributed by atoms with Crippen molar-refractivity contribution in [3.63, 3.8) is 0 Å². The van der Waals surface area contributed by atoms with E-state index in [0.29, 0.717) is 19.8 Å². The van der Waals surface area contributed by atoms with Crippen LogP contribution in [0, 0.1) is 0 Å². The number of rotatable bonds is 24. The molecule has 5 heteroatoms. The van der Waals surface area contributed by atoms with E-state index in [1.165, 1.54) is 99.5 Å². The van der Waals surface area contributed by atoms with E-state index in [0.717, 1.165) is 25.4 Å². The second-order valence-electron chi connectivity index (χ2n) is 10.6. The lowest BCUT2D eigenvalue weighted by molar-refractivity contribution is -0.0451. The van der Waals surface area contributed by atoms with Crippen LogP contribution in [-0.2, 0) is 27.4 Å². The van der Waals surface area contributed by atoms with Gasteiger partial charge in [-0.2, -0.15) is 0 Å². The lowest BCUT2D eigenvalue weighted by Crippen LogP contribution is -2.24. The van der Waals surface area contributed by atoms with Gasteiger partial charge in [-0.25, -0.2) is 0 Å². The molecule has 2 rings (SSSR count). The summed E-state index contributed by atoms with van der Waals surface area (Å²) in [6.45, 7) is 8.02. The van der Waals surface area contributed by atoms with Gasteiger partial charge in [0, 0.05) is 26.5 Å². The van der Waals surface area contributed by atoms with Crippen LogP contribution < -0.4 is 0 Å². The Morgan fingerprint density at radius 3 is 1.84 bits per heavy atom. The van der Waals surface area contributed by atoms with Gasteiger partial charge < -0.3 is 19.1 Å². The molecule has 0 radical (unpaired) electrons. The SMILES string of the molecule is CCCCCCCCCCCCCCCCOCC(COCc1ccc(CN2C=C(C)SC2)cc1)OC. The van der Waals surface area contributed by atoms with Gasteiger partial charge >= 0.3 is 0 Å². The van der Waals surface area contributed by atoms with Crippen molar-refractivity contribution >= 4 is 11.8 Å². The first-order valence-corrected chi connectivity index (χ1v) is 16.0.